The van der Waals surface area contributed by atoms with Gasteiger partial charge in [0.05, 0.1) is 6.04 Å². The summed E-state index contributed by atoms with van der Waals surface area (Å²) in [5.41, 5.74) is 18.5. The van der Waals surface area contributed by atoms with Gasteiger partial charge in [0.1, 0.15) is 18.1 Å². The number of para-hydroxylation sites is 1. The van der Waals surface area contributed by atoms with Crippen molar-refractivity contribution in [3.8, 4) is 0 Å². The van der Waals surface area contributed by atoms with Gasteiger partial charge in [-0.05, 0) is 43.2 Å². The minimum Gasteiger partial charge on any atom is -0.480 e. The van der Waals surface area contributed by atoms with E-state index < -0.39 is 47.9 Å². The summed E-state index contributed by atoms with van der Waals surface area (Å²) >= 11 is 0. The lowest BCUT2D eigenvalue weighted by Crippen LogP contribution is -2.57. The number of rotatable bonds is 14. The molecule has 0 aliphatic carbocycles. The van der Waals surface area contributed by atoms with Gasteiger partial charge in [0.25, 0.3) is 0 Å². The van der Waals surface area contributed by atoms with Crippen LogP contribution < -0.4 is 27.8 Å². The van der Waals surface area contributed by atoms with Crippen LogP contribution in [-0.4, -0.2) is 81.9 Å². The first-order chi connectivity index (χ1) is 19.5. The molecule has 1 saturated heterocycles. The number of aromatic amines is 1. The third-order valence-corrected chi connectivity index (χ3v) is 7.63. The van der Waals surface area contributed by atoms with Crippen molar-refractivity contribution in [3.63, 3.8) is 0 Å². The molecule has 1 aliphatic rings. The molecule has 0 saturated carbocycles. The van der Waals surface area contributed by atoms with E-state index in [2.05, 4.69) is 20.6 Å². The van der Waals surface area contributed by atoms with Crippen molar-refractivity contribution in [1.29, 1.82) is 0 Å². The molecule has 0 radical (unpaired) electrons. The van der Waals surface area contributed by atoms with E-state index in [4.69, 9.17) is 17.2 Å². The molecule has 3 rings (SSSR count). The van der Waals surface area contributed by atoms with E-state index in [0.717, 1.165) is 16.5 Å². The zero-order chi connectivity index (χ0) is 30.1. The first-order valence-corrected chi connectivity index (χ1v) is 14.0. The third-order valence-electron chi connectivity index (χ3n) is 7.63. The summed E-state index contributed by atoms with van der Waals surface area (Å²) in [5, 5.41) is 16.0. The number of aromatic nitrogens is 1. The quantitative estimate of drug-likeness (QED) is 0.0940. The highest BCUT2D eigenvalue weighted by Gasteiger charge is 2.40. The van der Waals surface area contributed by atoms with Crippen molar-refractivity contribution in [2.45, 2.75) is 76.5 Å². The summed E-state index contributed by atoms with van der Waals surface area (Å²) in [6, 6.07) is 3.82. The molecule has 1 aromatic heterocycles. The van der Waals surface area contributed by atoms with E-state index in [0.29, 0.717) is 45.2 Å². The van der Waals surface area contributed by atoms with Crippen molar-refractivity contribution in [2.75, 3.05) is 13.1 Å². The number of guanidine groups is 1. The Morgan fingerprint density at radius 2 is 1.93 bits per heavy atom. The smallest absolute Gasteiger partial charge is 0.326 e. The summed E-state index contributed by atoms with van der Waals surface area (Å²) < 4.78 is 0. The minimum atomic E-state index is -1.12. The van der Waals surface area contributed by atoms with Crippen molar-refractivity contribution in [2.24, 2.45) is 28.1 Å². The van der Waals surface area contributed by atoms with Crippen LogP contribution in [0.15, 0.2) is 35.5 Å². The SMILES string of the molecule is CCC(C)C(NC(=O)C1CCCN1C(=O)C(Cc1c[nH]c2ccccc12)NC(=O)C(N)CCCN=C(N)N)C(=O)O. The van der Waals surface area contributed by atoms with E-state index in [-0.39, 0.29) is 18.3 Å². The molecule has 2 heterocycles. The number of carbonyl (C=O) groups is 4. The number of hydrogen-bond acceptors (Lipinski definition) is 6. The van der Waals surface area contributed by atoms with E-state index in [9.17, 15) is 24.3 Å². The van der Waals surface area contributed by atoms with Gasteiger partial charge >= 0.3 is 5.97 Å². The Hall–Kier alpha value is -4.13. The van der Waals surface area contributed by atoms with Gasteiger partial charge in [0.15, 0.2) is 5.96 Å². The molecule has 224 valence electrons. The van der Waals surface area contributed by atoms with Crippen LogP contribution in [0, 0.1) is 5.92 Å². The number of aliphatic imine (C=N–C) groups is 1. The monoisotopic (exact) mass is 570 g/mol. The molecule has 5 unspecified atom stereocenters. The molecular formula is C28H42N8O5. The zero-order valence-corrected chi connectivity index (χ0v) is 23.6. The maximum absolute atomic E-state index is 13.9. The van der Waals surface area contributed by atoms with Crippen molar-refractivity contribution < 1.29 is 24.3 Å². The molecule has 41 heavy (non-hydrogen) atoms. The number of carboxylic acids is 1. The molecule has 2 aromatic rings. The Morgan fingerprint density at radius 3 is 2.61 bits per heavy atom. The topological polar surface area (TPSA) is 222 Å². The Kier molecular flexibility index (Phi) is 11.1. The fourth-order valence-corrected chi connectivity index (χ4v) is 5.09. The number of amides is 3. The van der Waals surface area contributed by atoms with Gasteiger partial charge < -0.3 is 42.8 Å². The Bertz CT molecular complexity index is 1260. The highest BCUT2D eigenvalue weighted by atomic mass is 16.4. The molecule has 0 bridgehead atoms. The number of aliphatic carboxylic acids is 1. The molecular weight excluding hydrogens is 528 g/mol. The van der Waals surface area contributed by atoms with Crippen LogP contribution in [0.5, 0.6) is 0 Å². The van der Waals surface area contributed by atoms with Gasteiger partial charge in [-0.1, -0.05) is 38.5 Å². The number of fused-ring (bicyclic) bond motifs is 1. The van der Waals surface area contributed by atoms with Crippen LogP contribution in [-0.2, 0) is 25.6 Å². The van der Waals surface area contributed by atoms with E-state index in [1.807, 2.05) is 31.2 Å². The van der Waals surface area contributed by atoms with Crippen LogP contribution >= 0.6 is 0 Å². The number of carboxylic acid groups (broad SMARTS) is 1. The average Bonchev–Trinajstić information content (AvgIpc) is 3.60. The van der Waals surface area contributed by atoms with Gasteiger partial charge in [-0.2, -0.15) is 0 Å². The van der Waals surface area contributed by atoms with Gasteiger partial charge in [-0.25, -0.2) is 4.79 Å². The fourth-order valence-electron chi connectivity index (χ4n) is 5.09. The van der Waals surface area contributed by atoms with Crippen molar-refractivity contribution >= 4 is 40.6 Å². The van der Waals surface area contributed by atoms with Crippen LogP contribution in [0.1, 0.15) is 51.5 Å². The second-order valence-corrected chi connectivity index (χ2v) is 10.6. The summed E-state index contributed by atoms with van der Waals surface area (Å²) in [6.07, 6.45) is 4.27. The molecule has 13 nitrogen and oxygen atoms in total. The maximum atomic E-state index is 13.9. The molecule has 13 heteroatoms. The Labute approximate surface area is 239 Å². The number of nitrogens with two attached hydrogens (primary N) is 3. The number of H-pyrrole nitrogens is 1. The highest BCUT2D eigenvalue weighted by molar-refractivity contribution is 5.95. The number of nitrogens with zero attached hydrogens (tertiary/aromatic N) is 2. The Morgan fingerprint density at radius 1 is 1.20 bits per heavy atom. The predicted octanol–water partition coefficient (Wildman–Crippen LogP) is 0.183. The number of carbonyl (C=O) groups excluding carboxylic acids is 3. The summed E-state index contributed by atoms with van der Waals surface area (Å²) in [5.74, 6) is -2.90. The minimum absolute atomic E-state index is 0.0459. The van der Waals surface area contributed by atoms with Crippen molar-refractivity contribution in [3.05, 3.63) is 36.0 Å². The number of hydrogen-bond donors (Lipinski definition) is 7. The summed E-state index contributed by atoms with van der Waals surface area (Å²) in [4.78, 5) is 60.6. The molecule has 3 amide bonds. The Balaban J connectivity index is 1.80. The largest absolute Gasteiger partial charge is 0.480 e. The number of nitrogens with one attached hydrogen (secondary N) is 3. The lowest BCUT2D eigenvalue weighted by molar-refractivity contribution is -0.146. The molecule has 1 fully saturated rings. The van der Waals surface area contributed by atoms with Gasteiger partial charge in [0, 0.05) is 36.6 Å². The lowest BCUT2D eigenvalue weighted by Gasteiger charge is -2.30. The number of likely N-dealkylation sites (tertiary alicyclic amines) is 1. The molecule has 10 N–H and O–H groups in total. The number of benzene rings is 1. The highest BCUT2D eigenvalue weighted by Crippen LogP contribution is 2.23. The lowest BCUT2D eigenvalue weighted by atomic mass is 9.98. The van der Waals surface area contributed by atoms with Crippen LogP contribution in [0.25, 0.3) is 10.9 Å². The van der Waals surface area contributed by atoms with E-state index in [1.165, 1.54) is 4.90 Å². The van der Waals surface area contributed by atoms with E-state index >= 15 is 0 Å². The third kappa shape index (κ3) is 8.19. The summed E-state index contributed by atoms with van der Waals surface area (Å²) in [6.45, 7) is 4.23. The first kappa shape index (κ1) is 31.4. The molecule has 5 atom stereocenters. The van der Waals surface area contributed by atoms with Crippen LogP contribution in [0.4, 0.5) is 0 Å². The molecule has 1 aliphatic heterocycles. The van der Waals surface area contributed by atoms with Gasteiger partial charge in [-0.3, -0.25) is 19.4 Å². The fraction of sp³-hybridized carbons (Fsp3) is 0.536. The second-order valence-electron chi connectivity index (χ2n) is 10.6. The normalized spacial score (nSPS) is 17.8. The first-order valence-electron chi connectivity index (χ1n) is 14.0. The van der Waals surface area contributed by atoms with Gasteiger partial charge in [-0.15, -0.1) is 0 Å². The average molecular weight is 571 g/mol. The second kappa shape index (κ2) is 14.5. The van der Waals surface area contributed by atoms with Crippen molar-refractivity contribution in [1.82, 2.24) is 20.5 Å². The zero-order valence-electron chi connectivity index (χ0n) is 23.6. The summed E-state index contributed by atoms with van der Waals surface area (Å²) in [7, 11) is 0. The molecule has 0 spiro atoms. The molecule has 1 aromatic carbocycles. The van der Waals surface area contributed by atoms with Gasteiger partial charge in [0.2, 0.25) is 17.7 Å². The van der Waals surface area contributed by atoms with E-state index in [1.54, 1.807) is 13.1 Å². The van der Waals surface area contributed by atoms with Crippen LogP contribution in [0.2, 0.25) is 0 Å². The standard InChI is InChI=1S/C28H42N8O5/c1-3-16(2)23(27(40)41)35-25(38)22-11-7-13-36(22)26(39)21(14-17-15-33-20-10-5-4-8-18(17)20)34-24(37)19(29)9-6-12-32-28(30)31/h4-5,8,10,15-16,19,21-23,33H,3,6-7,9,11-14,29H2,1-2H3,(H,34,37)(H,35,38)(H,40,41)(H4,30,31,32). The van der Waals surface area contributed by atoms with Crippen LogP contribution in [0.3, 0.4) is 0 Å². The predicted molar refractivity (Wildman–Crippen MR) is 156 cm³/mol. The maximum Gasteiger partial charge on any atom is 0.326 e.